The molecule has 1 aromatic carbocycles. The summed E-state index contributed by atoms with van der Waals surface area (Å²) in [5, 5.41) is 9.70. The lowest BCUT2D eigenvalue weighted by molar-refractivity contribution is -0.164. The fourth-order valence-corrected chi connectivity index (χ4v) is 2.90. The van der Waals surface area contributed by atoms with E-state index in [-0.39, 0.29) is 5.92 Å². The maximum absolute atomic E-state index is 11.9. The van der Waals surface area contributed by atoms with Crippen LogP contribution in [0.2, 0.25) is 0 Å². The summed E-state index contributed by atoms with van der Waals surface area (Å²) in [6.07, 6.45) is 4.13. The Morgan fingerprint density at radius 1 is 1.30 bits per heavy atom. The highest BCUT2D eigenvalue weighted by Crippen LogP contribution is 2.48. The molecular formula is C16H18O4. The van der Waals surface area contributed by atoms with Gasteiger partial charge < -0.3 is 9.84 Å². The van der Waals surface area contributed by atoms with Crippen LogP contribution in [0, 0.1) is 11.3 Å². The number of rotatable bonds is 3. The molecule has 106 valence electrons. The molecule has 1 aliphatic rings. The van der Waals surface area contributed by atoms with Crippen molar-refractivity contribution in [1.29, 1.82) is 0 Å². The minimum Gasteiger partial charge on any atom is -0.481 e. The highest BCUT2D eigenvalue weighted by Gasteiger charge is 2.52. The van der Waals surface area contributed by atoms with Gasteiger partial charge in [-0.2, -0.15) is 0 Å². The van der Waals surface area contributed by atoms with E-state index < -0.39 is 23.3 Å². The molecule has 0 fully saturated rings. The fraction of sp³-hybridized carbons (Fsp3) is 0.375. The minimum absolute atomic E-state index is 0.348. The zero-order valence-corrected chi connectivity index (χ0v) is 11.6. The molecule has 0 radical (unpaired) electrons. The van der Waals surface area contributed by atoms with Crippen molar-refractivity contribution in [2.75, 3.05) is 7.11 Å². The molecular weight excluding hydrogens is 256 g/mol. The number of ether oxygens (including phenoxy) is 1. The largest absolute Gasteiger partial charge is 0.481 e. The van der Waals surface area contributed by atoms with Crippen LogP contribution >= 0.6 is 0 Å². The number of allylic oxidation sites excluding steroid dienone is 2. The van der Waals surface area contributed by atoms with Crippen LogP contribution in [0.25, 0.3) is 0 Å². The molecule has 0 aliphatic heterocycles. The molecule has 0 saturated heterocycles. The second-order valence-electron chi connectivity index (χ2n) is 5.22. The average molecular weight is 274 g/mol. The summed E-state index contributed by atoms with van der Waals surface area (Å²) >= 11 is 0. The number of carboxylic acid groups (broad SMARTS) is 1. The first kappa shape index (κ1) is 14.3. The van der Waals surface area contributed by atoms with E-state index >= 15 is 0 Å². The number of esters is 1. The lowest BCUT2D eigenvalue weighted by Gasteiger charge is -2.40. The van der Waals surface area contributed by atoms with E-state index in [9.17, 15) is 14.7 Å². The second kappa shape index (κ2) is 5.49. The van der Waals surface area contributed by atoms with Gasteiger partial charge in [-0.1, -0.05) is 42.5 Å². The molecule has 4 nitrogen and oxygen atoms in total. The lowest BCUT2D eigenvalue weighted by Crippen LogP contribution is -2.46. The summed E-state index contributed by atoms with van der Waals surface area (Å²) < 4.78 is 4.78. The van der Waals surface area contributed by atoms with Crippen LogP contribution in [0.4, 0.5) is 0 Å². The van der Waals surface area contributed by atoms with Gasteiger partial charge in [0.2, 0.25) is 0 Å². The summed E-state index contributed by atoms with van der Waals surface area (Å²) in [5.41, 5.74) is -0.314. The van der Waals surface area contributed by atoms with Crippen molar-refractivity contribution in [2.24, 2.45) is 11.3 Å². The first-order valence-corrected chi connectivity index (χ1v) is 6.54. The van der Waals surface area contributed by atoms with Crippen molar-refractivity contribution in [3.05, 3.63) is 48.0 Å². The highest BCUT2D eigenvalue weighted by atomic mass is 16.5. The van der Waals surface area contributed by atoms with Crippen molar-refractivity contribution in [1.82, 2.24) is 0 Å². The smallest absolute Gasteiger partial charge is 0.311 e. The third-order valence-electron chi connectivity index (χ3n) is 4.18. The number of carboxylic acids is 1. The number of hydrogen-bond donors (Lipinski definition) is 1. The number of methoxy groups -OCH3 is 1. The minimum atomic E-state index is -1.21. The monoisotopic (exact) mass is 274 g/mol. The molecule has 20 heavy (non-hydrogen) atoms. The van der Waals surface area contributed by atoms with Gasteiger partial charge in [0, 0.05) is 5.92 Å². The molecule has 4 heteroatoms. The highest BCUT2D eigenvalue weighted by molar-refractivity contribution is 5.86. The van der Waals surface area contributed by atoms with E-state index in [1.165, 1.54) is 7.11 Å². The first-order valence-electron chi connectivity index (χ1n) is 6.54. The van der Waals surface area contributed by atoms with Gasteiger partial charge >= 0.3 is 11.9 Å². The normalized spacial score (nSPS) is 28.9. The first-order chi connectivity index (χ1) is 9.51. The molecule has 0 unspecified atom stereocenters. The summed E-state index contributed by atoms with van der Waals surface area (Å²) in [6.45, 7) is 1.62. The van der Waals surface area contributed by atoms with E-state index in [1.54, 1.807) is 6.92 Å². The molecule has 1 N–H and O–H groups in total. The number of aliphatic carboxylic acids is 1. The third-order valence-corrected chi connectivity index (χ3v) is 4.18. The maximum atomic E-state index is 11.9. The topological polar surface area (TPSA) is 63.6 Å². The number of carbonyl (C=O) groups is 2. The van der Waals surface area contributed by atoms with E-state index in [0.29, 0.717) is 6.42 Å². The molecule has 2 rings (SSSR count). The molecule has 1 aromatic rings. The molecule has 1 aliphatic carbocycles. The Labute approximate surface area is 118 Å². The Morgan fingerprint density at radius 2 is 1.95 bits per heavy atom. The Morgan fingerprint density at radius 3 is 2.50 bits per heavy atom. The lowest BCUT2D eigenvalue weighted by atomic mass is 9.61. The molecule has 3 atom stereocenters. The van der Waals surface area contributed by atoms with E-state index in [0.717, 1.165) is 5.56 Å². The summed E-state index contributed by atoms with van der Waals surface area (Å²) in [4.78, 5) is 23.8. The number of carbonyl (C=O) groups excluding carboxylic acids is 1. The molecule has 0 bridgehead atoms. The SMILES string of the molecule is COC(=O)[C@@H]1CC=C[C@@H](c2ccccc2)[C@]1(C)C(=O)O. The Kier molecular flexibility index (Phi) is 3.93. The molecule has 0 spiro atoms. The van der Waals surface area contributed by atoms with Gasteiger partial charge in [-0.3, -0.25) is 9.59 Å². The average Bonchev–Trinajstić information content (AvgIpc) is 2.47. The van der Waals surface area contributed by atoms with Gasteiger partial charge in [-0.25, -0.2) is 0 Å². The second-order valence-corrected chi connectivity index (χ2v) is 5.22. The zero-order valence-electron chi connectivity index (χ0n) is 11.6. The molecule has 0 heterocycles. The van der Waals surface area contributed by atoms with Gasteiger partial charge in [0.15, 0.2) is 0 Å². The Bertz CT molecular complexity index is 535. The van der Waals surface area contributed by atoms with Crippen LogP contribution < -0.4 is 0 Å². The van der Waals surface area contributed by atoms with Crippen LogP contribution in [0.5, 0.6) is 0 Å². The summed E-state index contributed by atoms with van der Waals surface area (Å²) in [7, 11) is 1.29. The standard InChI is InChI=1S/C16H18O4/c1-16(15(18)19)12(11-7-4-3-5-8-11)9-6-10-13(16)14(17)20-2/h3-9,12-13H,10H2,1-2H3,(H,18,19)/t12-,13-,16-/m0/s1. The van der Waals surface area contributed by atoms with E-state index in [4.69, 9.17) is 4.74 Å². The Balaban J connectivity index is 2.51. The van der Waals surface area contributed by atoms with Gasteiger partial charge in [0.1, 0.15) is 0 Å². The molecule has 0 aromatic heterocycles. The third kappa shape index (κ3) is 2.22. The molecule has 0 amide bonds. The van der Waals surface area contributed by atoms with Crippen molar-refractivity contribution in [3.8, 4) is 0 Å². The van der Waals surface area contributed by atoms with Crippen LogP contribution in [0.1, 0.15) is 24.8 Å². The summed E-state index contributed by atoms with van der Waals surface area (Å²) in [6, 6.07) is 9.39. The summed E-state index contributed by atoms with van der Waals surface area (Å²) in [5.74, 6) is -2.48. The van der Waals surface area contributed by atoms with E-state index in [2.05, 4.69) is 0 Å². The van der Waals surface area contributed by atoms with Crippen molar-refractivity contribution in [3.63, 3.8) is 0 Å². The predicted molar refractivity (Wildman–Crippen MR) is 74.2 cm³/mol. The van der Waals surface area contributed by atoms with Crippen LogP contribution in [-0.4, -0.2) is 24.2 Å². The number of hydrogen-bond acceptors (Lipinski definition) is 3. The maximum Gasteiger partial charge on any atom is 0.311 e. The van der Waals surface area contributed by atoms with Crippen LogP contribution in [0.15, 0.2) is 42.5 Å². The van der Waals surface area contributed by atoms with Gasteiger partial charge in [0.25, 0.3) is 0 Å². The molecule has 0 saturated carbocycles. The van der Waals surface area contributed by atoms with Gasteiger partial charge in [-0.15, -0.1) is 0 Å². The zero-order chi connectivity index (χ0) is 14.8. The van der Waals surface area contributed by atoms with Crippen molar-refractivity contribution >= 4 is 11.9 Å². The van der Waals surface area contributed by atoms with Crippen LogP contribution in [-0.2, 0) is 14.3 Å². The van der Waals surface area contributed by atoms with Crippen LogP contribution in [0.3, 0.4) is 0 Å². The quantitative estimate of drug-likeness (QED) is 0.679. The fourth-order valence-electron chi connectivity index (χ4n) is 2.90. The van der Waals surface area contributed by atoms with Gasteiger partial charge in [-0.05, 0) is 18.9 Å². The van der Waals surface area contributed by atoms with Gasteiger partial charge in [0.05, 0.1) is 18.4 Å². The number of benzene rings is 1. The van der Waals surface area contributed by atoms with E-state index in [1.807, 2.05) is 42.5 Å². The van der Waals surface area contributed by atoms with Crippen molar-refractivity contribution in [2.45, 2.75) is 19.3 Å². The Hall–Kier alpha value is -2.10. The predicted octanol–water partition coefficient (Wildman–Crippen LogP) is 2.61. The van der Waals surface area contributed by atoms with Crippen molar-refractivity contribution < 1.29 is 19.4 Å².